The standard InChI is InChI=1S/C27H24N2O6/c30-23-13-16(11-12-21(23)26(32)33)28-25(31)24(15-9-10-15)29-27(34)35-14-22-19-7-3-1-5-17(19)18-6-2-4-8-20(18)22/h1-8,11-13,15,22,24,30H,9-10,14H2,(H,28,31)(H,29,34)(H,32,33). The van der Waals surface area contributed by atoms with Gasteiger partial charge in [0, 0.05) is 17.7 Å². The molecule has 0 radical (unpaired) electrons. The molecule has 5 rings (SSSR count). The van der Waals surface area contributed by atoms with Crippen molar-refractivity contribution in [3.8, 4) is 16.9 Å². The minimum absolute atomic E-state index is 0.0117. The number of carboxylic acids is 1. The van der Waals surface area contributed by atoms with Crippen LogP contribution in [0.3, 0.4) is 0 Å². The van der Waals surface area contributed by atoms with Gasteiger partial charge in [0.25, 0.3) is 0 Å². The number of carboxylic acid groups (broad SMARTS) is 1. The van der Waals surface area contributed by atoms with Crippen LogP contribution < -0.4 is 10.6 Å². The number of aromatic carboxylic acids is 1. The van der Waals surface area contributed by atoms with E-state index in [9.17, 15) is 19.5 Å². The minimum Gasteiger partial charge on any atom is -0.507 e. The SMILES string of the molecule is O=C(NC(C(=O)Nc1ccc(C(=O)O)c(O)c1)C1CC1)OCC1c2ccccc2-c2ccccc21. The molecule has 178 valence electrons. The van der Waals surface area contributed by atoms with E-state index in [1.54, 1.807) is 0 Å². The number of amides is 2. The molecule has 0 bridgehead atoms. The summed E-state index contributed by atoms with van der Waals surface area (Å²) in [5, 5.41) is 24.2. The summed E-state index contributed by atoms with van der Waals surface area (Å²) in [7, 11) is 0. The van der Waals surface area contributed by atoms with Crippen molar-refractivity contribution in [2.24, 2.45) is 5.92 Å². The Morgan fingerprint density at radius 3 is 2.14 bits per heavy atom. The zero-order valence-electron chi connectivity index (χ0n) is 18.7. The second-order valence-corrected chi connectivity index (χ2v) is 8.81. The van der Waals surface area contributed by atoms with Crippen molar-refractivity contribution < 1.29 is 29.3 Å². The Morgan fingerprint density at radius 2 is 1.57 bits per heavy atom. The van der Waals surface area contributed by atoms with Gasteiger partial charge in [-0.25, -0.2) is 9.59 Å². The highest BCUT2D eigenvalue weighted by atomic mass is 16.5. The largest absolute Gasteiger partial charge is 0.507 e. The van der Waals surface area contributed by atoms with Crippen LogP contribution in [0.15, 0.2) is 66.7 Å². The molecule has 1 atom stereocenters. The van der Waals surface area contributed by atoms with E-state index < -0.39 is 29.8 Å². The van der Waals surface area contributed by atoms with Crippen molar-refractivity contribution in [1.29, 1.82) is 0 Å². The molecule has 4 N–H and O–H groups in total. The van der Waals surface area contributed by atoms with E-state index in [0.29, 0.717) is 0 Å². The maximum atomic E-state index is 12.9. The fraction of sp³-hybridized carbons (Fsp3) is 0.222. The predicted octanol–water partition coefficient (Wildman–Crippen LogP) is 4.35. The number of fused-ring (bicyclic) bond motifs is 3. The highest BCUT2D eigenvalue weighted by Gasteiger charge is 2.38. The fourth-order valence-corrected chi connectivity index (χ4v) is 4.60. The first kappa shape index (κ1) is 22.5. The summed E-state index contributed by atoms with van der Waals surface area (Å²) in [6.07, 6.45) is 0.915. The monoisotopic (exact) mass is 472 g/mol. The van der Waals surface area contributed by atoms with Gasteiger partial charge in [-0.15, -0.1) is 0 Å². The summed E-state index contributed by atoms with van der Waals surface area (Å²) in [6.45, 7) is 0.142. The summed E-state index contributed by atoms with van der Waals surface area (Å²) in [5.41, 5.74) is 4.43. The molecular formula is C27H24N2O6. The first-order valence-corrected chi connectivity index (χ1v) is 11.4. The van der Waals surface area contributed by atoms with Gasteiger partial charge in [-0.05, 0) is 53.1 Å². The third-order valence-corrected chi connectivity index (χ3v) is 6.49. The van der Waals surface area contributed by atoms with Gasteiger partial charge in [0.15, 0.2) is 0 Å². The molecule has 0 aromatic heterocycles. The number of anilines is 1. The molecule has 0 saturated heterocycles. The molecule has 0 spiro atoms. The second kappa shape index (κ2) is 9.13. The van der Waals surface area contributed by atoms with Crippen molar-refractivity contribution >= 4 is 23.7 Å². The van der Waals surface area contributed by atoms with Crippen LogP contribution in [0.1, 0.15) is 40.2 Å². The van der Waals surface area contributed by atoms with Crippen LogP contribution in [0.5, 0.6) is 5.75 Å². The Balaban J connectivity index is 1.24. The van der Waals surface area contributed by atoms with Gasteiger partial charge >= 0.3 is 12.1 Å². The van der Waals surface area contributed by atoms with Crippen molar-refractivity contribution in [3.63, 3.8) is 0 Å². The van der Waals surface area contributed by atoms with Gasteiger partial charge in [0.1, 0.15) is 24.0 Å². The average Bonchev–Trinajstić information content (AvgIpc) is 3.63. The number of hydrogen-bond acceptors (Lipinski definition) is 5. The Morgan fingerprint density at radius 1 is 0.943 bits per heavy atom. The highest BCUT2D eigenvalue weighted by Crippen LogP contribution is 2.44. The fourth-order valence-electron chi connectivity index (χ4n) is 4.60. The van der Waals surface area contributed by atoms with Gasteiger partial charge < -0.3 is 25.6 Å². The third kappa shape index (κ3) is 4.55. The average molecular weight is 472 g/mol. The van der Waals surface area contributed by atoms with E-state index in [1.165, 1.54) is 18.2 Å². The number of rotatable bonds is 7. The molecule has 3 aromatic rings. The molecular weight excluding hydrogens is 448 g/mol. The van der Waals surface area contributed by atoms with Crippen molar-refractivity contribution in [2.45, 2.75) is 24.8 Å². The number of aromatic hydroxyl groups is 1. The zero-order chi connectivity index (χ0) is 24.5. The maximum Gasteiger partial charge on any atom is 0.407 e. The molecule has 1 unspecified atom stereocenters. The Kier molecular flexibility index (Phi) is 5.86. The molecule has 0 heterocycles. The smallest absolute Gasteiger partial charge is 0.407 e. The normalized spacial score (nSPS) is 15.0. The molecule has 2 aliphatic carbocycles. The summed E-state index contributed by atoms with van der Waals surface area (Å²) < 4.78 is 5.57. The third-order valence-electron chi connectivity index (χ3n) is 6.49. The Labute approximate surface area is 201 Å². The van der Waals surface area contributed by atoms with E-state index in [1.807, 2.05) is 36.4 Å². The van der Waals surface area contributed by atoms with E-state index in [0.717, 1.165) is 35.1 Å². The zero-order valence-corrected chi connectivity index (χ0v) is 18.7. The van der Waals surface area contributed by atoms with Crippen LogP contribution in [-0.4, -0.2) is 40.8 Å². The Hall–Kier alpha value is -4.33. The molecule has 3 aromatic carbocycles. The lowest BCUT2D eigenvalue weighted by Gasteiger charge is -2.19. The van der Waals surface area contributed by atoms with Crippen molar-refractivity contribution in [1.82, 2.24) is 5.32 Å². The number of alkyl carbamates (subject to hydrolysis) is 1. The van der Waals surface area contributed by atoms with E-state index in [4.69, 9.17) is 9.84 Å². The number of carbonyl (C=O) groups is 3. The van der Waals surface area contributed by atoms with Gasteiger partial charge in [0.2, 0.25) is 5.91 Å². The highest BCUT2D eigenvalue weighted by molar-refractivity contribution is 5.98. The lowest BCUT2D eigenvalue weighted by atomic mass is 9.98. The maximum absolute atomic E-state index is 12.9. The second-order valence-electron chi connectivity index (χ2n) is 8.81. The molecule has 2 amide bonds. The quantitative estimate of drug-likeness (QED) is 0.405. The van der Waals surface area contributed by atoms with Crippen LogP contribution in [0.25, 0.3) is 11.1 Å². The molecule has 8 nitrogen and oxygen atoms in total. The van der Waals surface area contributed by atoms with E-state index in [-0.39, 0.29) is 29.7 Å². The molecule has 1 fully saturated rings. The summed E-state index contributed by atoms with van der Waals surface area (Å²) in [4.78, 5) is 36.6. The summed E-state index contributed by atoms with van der Waals surface area (Å²) in [5.74, 6) is -2.28. The van der Waals surface area contributed by atoms with Crippen LogP contribution >= 0.6 is 0 Å². The molecule has 1 saturated carbocycles. The predicted molar refractivity (Wildman–Crippen MR) is 128 cm³/mol. The molecule has 35 heavy (non-hydrogen) atoms. The van der Waals surface area contributed by atoms with Crippen LogP contribution in [0, 0.1) is 5.92 Å². The lowest BCUT2D eigenvalue weighted by Crippen LogP contribution is -2.45. The first-order chi connectivity index (χ1) is 16.9. The van der Waals surface area contributed by atoms with E-state index >= 15 is 0 Å². The number of nitrogens with one attached hydrogen (secondary N) is 2. The number of phenols is 1. The summed E-state index contributed by atoms with van der Waals surface area (Å²) in [6, 6.07) is 19.0. The number of ether oxygens (including phenoxy) is 1. The van der Waals surface area contributed by atoms with Gasteiger partial charge in [-0.1, -0.05) is 48.5 Å². The minimum atomic E-state index is -1.27. The first-order valence-electron chi connectivity index (χ1n) is 11.4. The molecule has 2 aliphatic rings. The van der Waals surface area contributed by atoms with Crippen molar-refractivity contribution in [2.75, 3.05) is 11.9 Å². The molecule has 0 aliphatic heterocycles. The number of carbonyl (C=O) groups excluding carboxylic acids is 2. The number of hydrogen-bond donors (Lipinski definition) is 4. The lowest BCUT2D eigenvalue weighted by molar-refractivity contribution is -0.118. The topological polar surface area (TPSA) is 125 Å². The van der Waals surface area contributed by atoms with Gasteiger partial charge in [-0.3, -0.25) is 4.79 Å². The summed E-state index contributed by atoms with van der Waals surface area (Å²) >= 11 is 0. The Bertz CT molecular complexity index is 1270. The van der Waals surface area contributed by atoms with Crippen LogP contribution in [0.4, 0.5) is 10.5 Å². The van der Waals surface area contributed by atoms with Gasteiger partial charge in [-0.2, -0.15) is 0 Å². The van der Waals surface area contributed by atoms with Gasteiger partial charge in [0.05, 0.1) is 0 Å². The van der Waals surface area contributed by atoms with Crippen LogP contribution in [-0.2, 0) is 9.53 Å². The molecule has 8 heteroatoms. The van der Waals surface area contributed by atoms with Crippen LogP contribution in [0.2, 0.25) is 0 Å². The van der Waals surface area contributed by atoms with E-state index in [2.05, 4.69) is 22.8 Å². The van der Waals surface area contributed by atoms with Crippen molar-refractivity contribution in [3.05, 3.63) is 83.4 Å². The number of benzene rings is 3.